The van der Waals surface area contributed by atoms with Gasteiger partial charge >= 0.3 is 0 Å². The maximum atomic E-state index is 12.9. The van der Waals surface area contributed by atoms with E-state index in [9.17, 15) is 4.79 Å². The number of fused-ring (bicyclic) bond motifs is 1. The van der Waals surface area contributed by atoms with E-state index < -0.39 is 0 Å². The molecule has 0 amide bonds. The van der Waals surface area contributed by atoms with Gasteiger partial charge in [-0.15, -0.1) is 10.2 Å². The number of ketones is 1. The number of rotatable bonds is 7. The third-order valence-corrected chi connectivity index (χ3v) is 6.14. The molecule has 0 atom stereocenters. The summed E-state index contributed by atoms with van der Waals surface area (Å²) in [5, 5.41) is 9.65. The van der Waals surface area contributed by atoms with Crippen LogP contribution < -0.4 is 0 Å². The molecule has 156 valence electrons. The number of thioether (sulfide) groups is 1. The number of carbonyl (C=O) groups excluding carboxylic acids is 1. The lowest BCUT2D eigenvalue weighted by Crippen LogP contribution is -2.07. The molecule has 7 nitrogen and oxygen atoms in total. The predicted molar refractivity (Wildman–Crippen MR) is 118 cm³/mol. The average Bonchev–Trinajstić information content (AvgIpc) is 3.56. The Morgan fingerprint density at radius 3 is 2.87 bits per heavy atom. The first-order chi connectivity index (χ1) is 15.1. The Hall–Kier alpha value is -3.52. The number of Topliss-reactive ketones (excluding diaryl/α,β-unsaturated/α-hetero) is 1. The second kappa shape index (κ2) is 7.96. The Morgan fingerprint density at radius 2 is 2.03 bits per heavy atom. The van der Waals surface area contributed by atoms with Crippen LogP contribution in [0.3, 0.4) is 0 Å². The summed E-state index contributed by atoms with van der Waals surface area (Å²) in [6, 6.07) is 13.6. The first kappa shape index (κ1) is 19.4. The number of furan rings is 1. The molecular weight excluding hydrogens is 412 g/mol. The van der Waals surface area contributed by atoms with Crippen LogP contribution in [0, 0.1) is 13.8 Å². The molecule has 0 spiro atoms. The zero-order chi connectivity index (χ0) is 21.4. The van der Waals surface area contributed by atoms with Crippen LogP contribution in [-0.4, -0.2) is 31.3 Å². The van der Waals surface area contributed by atoms with Crippen molar-refractivity contribution in [2.75, 3.05) is 5.75 Å². The highest BCUT2D eigenvalue weighted by molar-refractivity contribution is 7.99. The molecule has 5 rings (SSSR count). The molecular formula is C23H20N4O3S. The molecule has 4 aromatic heterocycles. The van der Waals surface area contributed by atoms with Crippen LogP contribution in [0.15, 0.2) is 69.0 Å². The predicted octanol–water partition coefficient (Wildman–Crippen LogP) is 5.25. The van der Waals surface area contributed by atoms with Crippen LogP contribution >= 0.6 is 11.8 Å². The molecule has 31 heavy (non-hydrogen) atoms. The summed E-state index contributed by atoms with van der Waals surface area (Å²) >= 11 is 1.25. The fourth-order valence-electron chi connectivity index (χ4n) is 3.72. The summed E-state index contributed by atoms with van der Waals surface area (Å²) in [7, 11) is 0. The van der Waals surface area contributed by atoms with Crippen molar-refractivity contribution in [2.24, 2.45) is 0 Å². The number of nitrogens with one attached hydrogen (secondary N) is 1. The highest BCUT2D eigenvalue weighted by Gasteiger charge is 2.19. The minimum Gasteiger partial charge on any atom is -0.467 e. The Balaban J connectivity index is 1.29. The number of aromatic amines is 1. The van der Waals surface area contributed by atoms with Crippen LogP contribution in [0.5, 0.6) is 0 Å². The zero-order valence-electron chi connectivity index (χ0n) is 17.1. The molecule has 0 aliphatic heterocycles. The molecule has 0 aliphatic rings. The monoisotopic (exact) mass is 432 g/mol. The van der Waals surface area contributed by atoms with E-state index in [1.54, 1.807) is 6.26 Å². The van der Waals surface area contributed by atoms with Gasteiger partial charge in [0.2, 0.25) is 0 Å². The summed E-state index contributed by atoms with van der Waals surface area (Å²) in [5.74, 6) is 1.53. The van der Waals surface area contributed by atoms with E-state index in [0.717, 1.165) is 33.6 Å². The topological polar surface area (TPSA) is 89.9 Å². The van der Waals surface area contributed by atoms with E-state index in [0.29, 0.717) is 23.2 Å². The number of benzene rings is 1. The normalized spacial score (nSPS) is 11.4. The van der Waals surface area contributed by atoms with Gasteiger partial charge in [0.25, 0.3) is 11.1 Å². The molecule has 8 heteroatoms. The van der Waals surface area contributed by atoms with Gasteiger partial charge in [0.1, 0.15) is 5.76 Å². The number of para-hydroxylation sites is 1. The van der Waals surface area contributed by atoms with E-state index in [1.165, 1.54) is 11.8 Å². The molecule has 0 saturated heterocycles. The molecule has 0 radical (unpaired) electrons. The molecule has 0 unspecified atom stereocenters. The third-order valence-electron chi connectivity index (χ3n) is 5.32. The first-order valence-electron chi connectivity index (χ1n) is 9.85. The van der Waals surface area contributed by atoms with E-state index in [4.69, 9.17) is 8.83 Å². The lowest BCUT2D eigenvalue weighted by atomic mass is 10.2. The van der Waals surface area contributed by atoms with Crippen molar-refractivity contribution in [3.8, 4) is 11.5 Å². The van der Waals surface area contributed by atoms with E-state index >= 15 is 0 Å². The van der Waals surface area contributed by atoms with Gasteiger partial charge in [0.15, 0.2) is 5.78 Å². The van der Waals surface area contributed by atoms with Gasteiger partial charge in [-0.25, -0.2) is 0 Å². The average molecular weight is 433 g/mol. The second-order valence-electron chi connectivity index (χ2n) is 7.28. The zero-order valence-corrected chi connectivity index (χ0v) is 17.9. The van der Waals surface area contributed by atoms with Gasteiger partial charge in [0.05, 0.1) is 24.1 Å². The number of hydrogen-bond donors (Lipinski definition) is 1. The number of H-pyrrole nitrogens is 1. The molecule has 5 aromatic rings. The number of aromatic nitrogens is 4. The van der Waals surface area contributed by atoms with Crippen LogP contribution in [0.25, 0.3) is 22.4 Å². The molecule has 0 fully saturated rings. The van der Waals surface area contributed by atoms with Gasteiger partial charge in [-0.1, -0.05) is 30.0 Å². The van der Waals surface area contributed by atoms with Crippen molar-refractivity contribution >= 4 is 28.4 Å². The number of aryl methyl sites for hydroxylation is 1. The highest BCUT2D eigenvalue weighted by atomic mass is 32.2. The number of nitrogens with zero attached hydrogens (tertiary/aromatic N) is 3. The standard InChI is InChI=1S/C23H20N4O3S/c1-14-10-18(15(2)27(14)12-16-6-5-9-29-16)21(28)13-31-23-26-25-22(30-23)19-11-24-20-8-4-3-7-17(19)20/h3-11,24H,12-13H2,1-2H3. The van der Waals surface area contributed by atoms with Crippen molar-refractivity contribution in [3.63, 3.8) is 0 Å². The maximum Gasteiger partial charge on any atom is 0.277 e. The highest BCUT2D eigenvalue weighted by Crippen LogP contribution is 2.30. The second-order valence-corrected chi connectivity index (χ2v) is 8.21. The van der Waals surface area contributed by atoms with Gasteiger partial charge in [0, 0.05) is 34.1 Å². The first-order valence-corrected chi connectivity index (χ1v) is 10.8. The number of hydrogen-bond acceptors (Lipinski definition) is 6. The summed E-state index contributed by atoms with van der Waals surface area (Å²) in [5.41, 5.74) is 4.49. The maximum absolute atomic E-state index is 12.9. The van der Waals surface area contributed by atoms with Gasteiger partial charge in [-0.05, 0) is 38.1 Å². The Morgan fingerprint density at radius 1 is 1.16 bits per heavy atom. The molecule has 0 bridgehead atoms. The van der Waals surface area contributed by atoms with E-state index in [2.05, 4.69) is 19.7 Å². The van der Waals surface area contributed by atoms with Crippen molar-refractivity contribution in [2.45, 2.75) is 25.6 Å². The van der Waals surface area contributed by atoms with E-state index in [-0.39, 0.29) is 11.5 Å². The smallest absolute Gasteiger partial charge is 0.277 e. The SMILES string of the molecule is Cc1cc(C(=O)CSc2nnc(-c3c[nH]c4ccccc34)o2)c(C)n1Cc1ccco1. The Kier molecular flexibility index (Phi) is 4.99. The summed E-state index contributed by atoms with van der Waals surface area (Å²) in [4.78, 5) is 16.1. The fraction of sp³-hybridized carbons (Fsp3) is 0.174. The van der Waals surface area contributed by atoms with Crippen molar-refractivity contribution in [1.82, 2.24) is 19.7 Å². The van der Waals surface area contributed by atoms with Crippen LogP contribution in [-0.2, 0) is 6.54 Å². The van der Waals surface area contributed by atoms with Gasteiger partial charge in [-0.2, -0.15) is 0 Å². The van der Waals surface area contributed by atoms with Gasteiger partial charge < -0.3 is 18.4 Å². The minimum atomic E-state index is 0.0237. The Labute approximate surface area is 182 Å². The lowest BCUT2D eigenvalue weighted by Gasteiger charge is -2.07. The van der Waals surface area contributed by atoms with Crippen LogP contribution in [0.1, 0.15) is 27.5 Å². The van der Waals surface area contributed by atoms with Crippen LogP contribution in [0.4, 0.5) is 0 Å². The summed E-state index contributed by atoms with van der Waals surface area (Å²) in [6.07, 6.45) is 3.51. The van der Waals surface area contributed by atoms with Crippen molar-refractivity contribution in [3.05, 3.63) is 77.6 Å². The fourth-order valence-corrected chi connectivity index (χ4v) is 4.36. The number of carbonyl (C=O) groups is 1. The summed E-state index contributed by atoms with van der Waals surface area (Å²) in [6.45, 7) is 4.55. The Bertz CT molecular complexity index is 1360. The van der Waals surface area contributed by atoms with Crippen molar-refractivity contribution in [1.29, 1.82) is 0 Å². The molecule has 0 aliphatic carbocycles. The van der Waals surface area contributed by atoms with E-state index in [1.807, 2.05) is 62.5 Å². The lowest BCUT2D eigenvalue weighted by molar-refractivity contribution is 0.102. The molecule has 1 aromatic carbocycles. The molecule has 1 N–H and O–H groups in total. The summed E-state index contributed by atoms with van der Waals surface area (Å²) < 4.78 is 13.3. The third kappa shape index (κ3) is 3.70. The van der Waals surface area contributed by atoms with Crippen LogP contribution in [0.2, 0.25) is 0 Å². The van der Waals surface area contributed by atoms with Crippen molar-refractivity contribution < 1.29 is 13.6 Å². The largest absolute Gasteiger partial charge is 0.467 e. The molecule has 4 heterocycles. The minimum absolute atomic E-state index is 0.0237. The molecule has 0 saturated carbocycles. The quantitative estimate of drug-likeness (QED) is 0.279. The van der Waals surface area contributed by atoms with Gasteiger partial charge in [-0.3, -0.25) is 4.79 Å².